The molecule has 0 aliphatic carbocycles. The van der Waals surface area contributed by atoms with Crippen molar-refractivity contribution in [2.75, 3.05) is 60.2 Å². The van der Waals surface area contributed by atoms with Gasteiger partial charge in [0.05, 0.1) is 43.9 Å². The van der Waals surface area contributed by atoms with Crippen molar-refractivity contribution >= 4 is 16.9 Å². The second kappa shape index (κ2) is 16.1. The largest absolute Gasteiger partial charge is 0.493 e. The summed E-state index contributed by atoms with van der Waals surface area (Å²) >= 11 is 0. The second-order valence-electron chi connectivity index (χ2n) is 12.9. The van der Waals surface area contributed by atoms with E-state index in [0.717, 1.165) is 67.1 Å². The number of benzene rings is 2. The Morgan fingerprint density at radius 1 is 1.06 bits per heavy atom. The second-order valence-corrected chi connectivity index (χ2v) is 15.0. The number of ether oxygens (including phenoxy) is 3. The summed E-state index contributed by atoms with van der Waals surface area (Å²) in [5, 5.41) is 13.2. The molecule has 5 rings (SSSR count). The van der Waals surface area contributed by atoms with Gasteiger partial charge in [0.25, 0.3) is 5.91 Å². The number of methoxy groups -OCH3 is 2. The topological polar surface area (TPSA) is 113 Å². The predicted molar refractivity (Wildman–Crippen MR) is 187 cm³/mol. The third-order valence-corrected chi connectivity index (χ3v) is 10.3. The van der Waals surface area contributed by atoms with Gasteiger partial charge in [-0.25, -0.2) is 13.5 Å². The molecule has 0 radical (unpaired) electrons. The van der Waals surface area contributed by atoms with Gasteiger partial charge in [-0.05, 0) is 82.1 Å². The van der Waals surface area contributed by atoms with Crippen LogP contribution in [0.5, 0.6) is 11.5 Å². The zero-order chi connectivity index (χ0) is 34.3. The third kappa shape index (κ3) is 8.43. The highest BCUT2D eigenvalue weighted by molar-refractivity contribution is 7.84. The molecule has 2 aliphatic rings. The minimum Gasteiger partial charge on any atom is -0.493 e. The molecule has 2 atom stereocenters. The van der Waals surface area contributed by atoms with E-state index in [9.17, 15) is 14.1 Å². The minimum atomic E-state index is -1.36. The Morgan fingerprint density at radius 3 is 2.48 bits per heavy atom. The van der Waals surface area contributed by atoms with Gasteiger partial charge < -0.3 is 24.6 Å². The summed E-state index contributed by atoms with van der Waals surface area (Å²) < 4.78 is 31.4. The summed E-state index contributed by atoms with van der Waals surface area (Å²) in [5.74, 6) is 7.43. The highest BCUT2D eigenvalue weighted by Gasteiger charge is 2.40. The van der Waals surface area contributed by atoms with Gasteiger partial charge in [0.2, 0.25) is 0 Å². The first-order chi connectivity index (χ1) is 23.1. The fourth-order valence-electron chi connectivity index (χ4n) is 6.03. The molecule has 0 bridgehead atoms. The van der Waals surface area contributed by atoms with Crippen LogP contribution in [-0.2, 0) is 22.3 Å². The maximum Gasteiger partial charge on any atom is 0.269 e. The first-order valence-corrected chi connectivity index (χ1v) is 17.5. The van der Waals surface area contributed by atoms with Gasteiger partial charge in [-0.3, -0.25) is 9.69 Å². The smallest absolute Gasteiger partial charge is 0.269 e. The lowest BCUT2D eigenvalue weighted by Crippen LogP contribution is -2.38. The number of aliphatic hydroxyl groups excluding tert-OH is 1. The van der Waals surface area contributed by atoms with Crippen LogP contribution in [0.1, 0.15) is 72.4 Å². The summed E-state index contributed by atoms with van der Waals surface area (Å²) in [6.07, 6.45) is 1.20. The lowest BCUT2D eigenvalue weighted by Gasteiger charge is -2.30. The first-order valence-electron chi connectivity index (χ1n) is 16.4. The lowest BCUT2D eigenvalue weighted by molar-refractivity contribution is 0.0374. The molecule has 48 heavy (non-hydrogen) atoms. The van der Waals surface area contributed by atoms with Crippen molar-refractivity contribution in [3.8, 4) is 34.6 Å². The number of pyridine rings is 1. The molecule has 3 heterocycles. The molecular formula is C37H46N4O6S. The van der Waals surface area contributed by atoms with E-state index in [1.807, 2.05) is 73.6 Å². The monoisotopic (exact) mass is 674 g/mol. The average Bonchev–Trinajstić information content (AvgIpc) is 3.46. The van der Waals surface area contributed by atoms with Crippen molar-refractivity contribution in [3.05, 3.63) is 76.5 Å². The van der Waals surface area contributed by atoms with Crippen molar-refractivity contribution < 1.29 is 28.3 Å². The number of hydrogen-bond acceptors (Lipinski definition) is 8. The van der Waals surface area contributed by atoms with E-state index in [1.165, 1.54) is 0 Å². The highest BCUT2D eigenvalue weighted by Crippen LogP contribution is 2.44. The van der Waals surface area contributed by atoms with E-state index in [1.54, 1.807) is 14.2 Å². The van der Waals surface area contributed by atoms with Crippen LogP contribution in [0.4, 0.5) is 0 Å². The van der Waals surface area contributed by atoms with Gasteiger partial charge in [-0.2, -0.15) is 0 Å². The fourth-order valence-corrected chi connectivity index (χ4v) is 7.43. The number of nitrogens with zero attached hydrogens (tertiary/aromatic N) is 3. The quantitative estimate of drug-likeness (QED) is 0.229. The molecule has 11 heteroatoms. The number of carbonyl (C=O) groups is 1. The molecule has 2 N–H and O–H groups in total. The lowest BCUT2D eigenvalue weighted by atomic mass is 9.95. The van der Waals surface area contributed by atoms with Crippen molar-refractivity contribution in [1.29, 1.82) is 0 Å². The van der Waals surface area contributed by atoms with Crippen molar-refractivity contribution in [2.45, 2.75) is 50.9 Å². The summed E-state index contributed by atoms with van der Waals surface area (Å²) in [6.45, 7) is 10.8. The molecule has 2 aliphatic heterocycles. The third-order valence-electron chi connectivity index (χ3n) is 8.43. The summed E-state index contributed by atoms with van der Waals surface area (Å²) in [5.41, 5.74) is 5.04. The molecule has 10 nitrogen and oxygen atoms in total. The Kier molecular flexibility index (Phi) is 11.9. The Hall–Kier alpha value is -3.79. The molecule has 1 fully saturated rings. The number of aliphatic hydroxyl groups is 1. The normalized spacial score (nSPS) is 17.2. The van der Waals surface area contributed by atoms with Crippen molar-refractivity contribution in [1.82, 2.24) is 19.5 Å². The minimum absolute atomic E-state index is 0.0798. The van der Waals surface area contributed by atoms with E-state index in [4.69, 9.17) is 19.2 Å². The molecule has 256 valence electrons. The van der Waals surface area contributed by atoms with Crippen LogP contribution in [0, 0.1) is 11.8 Å². The molecule has 1 aromatic heterocycles. The van der Waals surface area contributed by atoms with Gasteiger partial charge >= 0.3 is 0 Å². The Balaban J connectivity index is 1.48. The fraction of sp³-hybridized carbons (Fsp3) is 0.459. The molecular weight excluding hydrogens is 628 g/mol. The number of rotatable bonds is 11. The van der Waals surface area contributed by atoms with E-state index >= 15 is 0 Å². The van der Waals surface area contributed by atoms with Gasteiger partial charge in [0, 0.05) is 55.0 Å². The SMILES string of the molecule is COc1ccc(C#Cc2cccc(-c3nc(C(=O)NCCCN4CCOCC4)cc4c3[C@H](CCO)N([S@@](=O)C(C)(C)C)C4)c2)cc1OC. The maximum atomic E-state index is 13.8. The zero-order valence-electron chi connectivity index (χ0n) is 28.5. The van der Waals surface area contributed by atoms with E-state index < -0.39 is 15.7 Å². The molecule has 0 spiro atoms. The van der Waals surface area contributed by atoms with E-state index in [-0.39, 0.29) is 18.6 Å². The predicted octanol–water partition coefficient (Wildman–Crippen LogP) is 4.32. The van der Waals surface area contributed by atoms with Crippen LogP contribution in [0.25, 0.3) is 11.3 Å². The van der Waals surface area contributed by atoms with Crippen LogP contribution in [0.3, 0.4) is 0 Å². The highest BCUT2D eigenvalue weighted by atomic mass is 32.2. The number of hydrogen-bond donors (Lipinski definition) is 2. The Morgan fingerprint density at radius 2 is 1.79 bits per heavy atom. The van der Waals surface area contributed by atoms with Crippen molar-refractivity contribution in [2.24, 2.45) is 0 Å². The molecule has 0 saturated carbocycles. The number of nitrogens with one attached hydrogen (secondary N) is 1. The number of amides is 1. The zero-order valence-corrected chi connectivity index (χ0v) is 29.3. The summed E-state index contributed by atoms with van der Waals surface area (Å²) in [4.78, 5) is 20.8. The van der Waals surface area contributed by atoms with E-state index in [2.05, 4.69) is 22.1 Å². The number of morpholine rings is 1. The van der Waals surface area contributed by atoms with Crippen LogP contribution in [-0.4, -0.2) is 94.4 Å². The first kappa shape index (κ1) is 35.5. The molecule has 3 aromatic rings. The van der Waals surface area contributed by atoms with Gasteiger partial charge in [-0.1, -0.05) is 24.0 Å². The van der Waals surface area contributed by atoms with Crippen LogP contribution in [0.15, 0.2) is 48.5 Å². The van der Waals surface area contributed by atoms with Gasteiger partial charge in [0.1, 0.15) is 16.7 Å². The molecule has 1 amide bonds. The van der Waals surface area contributed by atoms with Crippen LogP contribution >= 0.6 is 0 Å². The maximum absolute atomic E-state index is 13.8. The molecule has 1 saturated heterocycles. The van der Waals surface area contributed by atoms with Crippen LogP contribution in [0.2, 0.25) is 0 Å². The summed E-state index contributed by atoms with van der Waals surface area (Å²) in [6, 6.07) is 14.8. The van der Waals surface area contributed by atoms with E-state index in [0.29, 0.717) is 42.4 Å². The number of aromatic nitrogens is 1. The summed E-state index contributed by atoms with van der Waals surface area (Å²) in [7, 11) is 1.83. The van der Waals surface area contributed by atoms with Crippen LogP contribution < -0.4 is 14.8 Å². The van der Waals surface area contributed by atoms with Gasteiger partial charge in [0.15, 0.2) is 11.5 Å². The standard InChI is InChI=1S/C37H46N4O6S/c1-37(2,3)48(44)41-25-29-24-30(36(43)38-15-7-16-40-17-20-47-21-18-40)39-35(34(29)31(41)14-19-42)28-9-6-8-26(22-28)10-11-27-12-13-32(45-4)33(23-27)46-5/h6,8-9,12-13,22-24,31,42H,7,14-21,25H2,1-5H3,(H,38,43)/t31-,48-/m0/s1. The Bertz CT molecular complexity index is 1690. The van der Waals surface area contributed by atoms with Gasteiger partial charge in [-0.15, -0.1) is 0 Å². The Labute approximate surface area is 286 Å². The molecule has 0 unspecified atom stereocenters. The molecule has 2 aromatic carbocycles. The number of carbonyl (C=O) groups excluding carboxylic acids is 1. The average molecular weight is 675 g/mol. The number of fused-ring (bicyclic) bond motifs is 1. The van der Waals surface area contributed by atoms with Crippen molar-refractivity contribution in [3.63, 3.8) is 0 Å².